The third-order valence-corrected chi connectivity index (χ3v) is 7.48. The number of thiophene rings is 1. The van der Waals surface area contributed by atoms with Gasteiger partial charge < -0.3 is 24.7 Å². The molecule has 0 radical (unpaired) electrons. The monoisotopic (exact) mass is 511 g/mol. The molecule has 1 aliphatic rings. The number of methoxy groups -OCH3 is 2. The molecule has 1 fully saturated rings. The maximum absolute atomic E-state index is 13.2. The number of nitrogens with two attached hydrogens (primary N) is 1. The number of benzene rings is 2. The lowest BCUT2D eigenvalue weighted by Gasteiger charge is -2.28. The van der Waals surface area contributed by atoms with Crippen LogP contribution in [-0.4, -0.2) is 63.9 Å². The molecule has 1 aliphatic heterocycles. The fraction of sp³-hybridized carbons (Fsp3) is 0.407. The summed E-state index contributed by atoms with van der Waals surface area (Å²) in [6.45, 7) is 6.78. The number of nitrogens with zero attached hydrogens (tertiary/aromatic N) is 2. The van der Waals surface area contributed by atoms with Crippen molar-refractivity contribution < 1.29 is 23.7 Å². The first-order valence-electron chi connectivity index (χ1n) is 12.0. The number of hydrogen-bond donors (Lipinski definition) is 1. The third kappa shape index (κ3) is 5.42. The maximum atomic E-state index is 13.2. The molecule has 0 saturated carbocycles. The van der Waals surface area contributed by atoms with E-state index in [1.807, 2.05) is 55.3 Å². The minimum absolute atomic E-state index is 0.264. The Balaban J connectivity index is 1.63. The smallest absolute Gasteiger partial charge is 0.316 e. The molecule has 1 saturated heterocycles. The highest BCUT2D eigenvalue weighted by Gasteiger charge is 2.37. The maximum Gasteiger partial charge on any atom is 0.316 e. The molecule has 192 valence electrons. The van der Waals surface area contributed by atoms with Crippen LogP contribution in [0.4, 0.5) is 0 Å². The largest absolute Gasteiger partial charge is 0.493 e. The molecule has 2 aromatic carbocycles. The summed E-state index contributed by atoms with van der Waals surface area (Å²) < 4.78 is 22.8. The van der Waals surface area contributed by atoms with Crippen molar-refractivity contribution in [3.8, 4) is 11.5 Å². The topological polar surface area (TPSA) is 95.6 Å². The Labute approximate surface area is 215 Å². The summed E-state index contributed by atoms with van der Waals surface area (Å²) in [4.78, 5) is 14.3. The van der Waals surface area contributed by atoms with E-state index in [0.717, 1.165) is 26.1 Å². The van der Waals surface area contributed by atoms with Crippen molar-refractivity contribution in [1.82, 2.24) is 5.01 Å². The lowest BCUT2D eigenvalue weighted by atomic mass is 9.78. The highest BCUT2D eigenvalue weighted by molar-refractivity contribution is 7.19. The van der Waals surface area contributed by atoms with Crippen LogP contribution >= 0.6 is 11.3 Å². The van der Waals surface area contributed by atoms with Gasteiger partial charge in [0.25, 0.3) is 0 Å². The van der Waals surface area contributed by atoms with Crippen molar-refractivity contribution in [2.45, 2.75) is 25.7 Å². The Bertz CT molecular complexity index is 1190. The van der Waals surface area contributed by atoms with Crippen LogP contribution in [0.2, 0.25) is 0 Å². The van der Waals surface area contributed by atoms with Gasteiger partial charge in [0.2, 0.25) is 0 Å². The van der Waals surface area contributed by atoms with Crippen LogP contribution < -0.4 is 15.2 Å². The molecule has 36 heavy (non-hydrogen) atoms. The zero-order valence-electron chi connectivity index (χ0n) is 21.2. The van der Waals surface area contributed by atoms with Gasteiger partial charge in [-0.25, -0.2) is 0 Å². The molecule has 2 heterocycles. The number of fused-ring (bicyclic) bond motifs is 1. The number of hydrazone groups is 1. The van der Waals surface area contributed by atoms with Crippen molar-refractivity contribution in [2.24, 2.45) is 10.8 Å². The minimum Gasteiger partial charge on any atom is -0.493 e. The van der Waals surface area contributed by atoms with E-state index in [-0.39, 0.29) is 5.97 Å². The number of carbonyl (C=O) groups is 1. The average molecular weight is 512 g/mol. The molecule has 2 N–H and O–H groups in total. The van der Waals surface area contributed by atoms with Crippen molar-refractivity contribution in [3.63, 3.8) is 0 Å². The molecule has 8 nitrogen and oxygen atoms in total. The van der Waals surface area contributed by atoms with Crippen LogP contribution in [0.3, 0.4) is 0 Å². The van der Waals surface area contributed by atoms with Gasteiger partial charge in [-0.3, -0.25) is 9.80 Å². The van der Waals surface area contributed by atoms with E-state index in [4.69, 9.17) is 24.7 Å². The number of hydrogen-bond acceptors (Lipinski definition) is 8. The molecule has 4 rings (SSSR count). The normalized spacial score (nSPS) is 16.0. The van der Waals surface area contributed by atoms with E-state index < -0.39 is 5.41 Å². The summed E-state index contributed by atoms with van der Waals surface area (Å²) in [6.07, 6.45) is 0.493. The number of amidine groups is 1. The second-order valence-corrected chi connectivity index (χ2v) is 9.98. The molecule has 9 heteroatoms. The van der Waals surface area contributed by atoms with Gasteiger partial charge in [0, 0.05) is 27.6 Å². The summed E-state index contributed by atoms with van der Waals surface area (Å²) in [5.41, 5.74) is 7.05. The van der Waals surface area contributed by atoms with Crippen LogP contribution in [0.5, 0.6) is 11.5 Å². The van der Waals surface area contributed by atoms with Gasteiger partial charge in [-0.1, -0.05) is 24.3 Å². The number of esters is 1. The molecule has 0 amide bonds. The zero-order valence-corrected chi connectivity index (χ0v) is 22.0. The van der Waals surface area contributed by atoms with E-state index in [1.54, 1.807) is 25.6 Å². The van der Waals surface area contributed by atoms with Crippen molar-refractivity contribution in [1.29, 1.82) is 0 Å². The second kappa shape index (κ2) is 11.2. The predicted octanol–water partition coefficient (Wildman–Crippen LogP) is 3.93. The fourth-order valence-corrected chi connectivity index (χ4v) is 5.54. The van der Waals surface area contributed by atoms with Crippen LogP contribution in [0, 0.1) is 0 Å². The molecule has 0 bridgehead atoms. The number of ether oxygens (including phenoxy) is 4. The molecule has 0 aliphatic carbocycles. The molecule has 3 aromatic rings. The third-order valence-electron chi connectivity index (χ3n) is 6.38. The Morgan fingerprint density at radius 1 is 1.11 bits per heavy atom. The summed E-state index contributed by atoms with van der Waals surface area (Å²) in [5.74, 6) is 1.53. The zero-order chi connectivity index (χ0) is 25.7. The van der Waals surface area contributed by atoms with Crippen LogP contribution in [0.15, 0.2) is 47.6 Å². The van der Waals surface area contributed by atoms with Gasteiger partial charge >= 0.3 is 5.97 Å². The van der Waals surface area contributed by atoms with Gasteiger partial charge in [0.1, 0.15) is 0 Å². The first-order chi connectivity index (χ1) is 17.4. The Hall–Kier alpha value is -3.30. The van der Waals surface area contributed by atoms with E-state index in [0.29, 0.717) is 56.7 Å². The van der Waals surface area contributed by atoms with E-state index >= 15 is 0 Å². The predicted molar refractivity (Wildman–Crippen MR) is 142 cm³/mol. The van der Waals surface area contributed by atoms with Gasteiger partial charge in [0.15, 0.2) is 17.3 Å². The minimum atomic E-state index is -0.875. The highest BCUT2D eigenvalue weighted by atomic mass is 32.1. The number of carbonyl (C=O) groups excluding carboxylic acids is 1. The highest BCUT2D eigenvalue weighted by Crippen LogP contribution is 2.39. The first-order valence-corrected chi connectivity index (χ1v) is 12.8. The van der Waals surface area contributed by atoms with E-state index in [1.165, 1.54) is 0 Å². The van der Waals surface area contributed by atoms with Gasteiger partial charge in [-0.2, -0.15) is 5.10 Å². The van der Waals surface area contributed by atoms with Crippen LogP contribution in [0.25, 0.3) is 10.1 Å². The van der Waals surface area contributed by atoms with Crippen LogP contribution in [-0.2, 0) is 26.1 Å². The fourth-order valence-electron chi connectivity index (χ4n) is 4.31. The summed E-state index contributed by atoms with van der Waals surface area (Å²) in [5, 5.41) is 7.48. The van der Waals surface area contributed by atoms with Crippen molar-refractivity contribution >= 4 is 33.2 Å². The lowest BCUT2D eigenvalue weighted by Crippen LogP contribution is -2.36. The molecular formula is C27H33N3O5S. The first kappa shape index (κ1) is 25.8. The Morgan fingerprint density at radius 3 is 2.42 bits per heavy atom. The number of rotatable bonds is 9. The molecule has 1 unspecified atom stereocenters. The molecule has 0 spiro atoms. The Kier molecular flexibility index (Phi) is 8.01. The van der Waals surface area contributed by atoms with Gasteiger partial charge in [-0.15, -0.1) is 11.3 Å². The van der Waals surface area contributed by atoms with E-state index in [2.05, 4.69) is 11.2 Å². The van der Waals surface area contributed by atoms with E-state index in [9.17, 15) is 4.79 Å². The summed E-state index contributed by atoms with van der Waals surface area (Å²) >= 11 is 1.63. The lowest BCUT2D eigenvalue weighted by molar-refractivity contribution is -0.149. The molecular weight excluding hydrogens is 478 g/mol. The average Bonchev–Trinajstić information content (AvgIpc) is 3.29. The Morgan fingerprint density at radius 2 is 1.78 bits per heavy atom. The van der Waals surface area contributed by atoms with Crippen LogP contribution in [0.1, 0.15) is 29.9 Å². The number of morpholine rings is 1. The second-order valence-electron chi connectivity index (χ2n) is 8.82. The quantitative estimate of drug-likeness (QED) is 0.264. The van der Waals surface area contributed by atoms with Gasteiger partial charge in [-0.05, 0) is 36.9 Å². The van der Waals surface area contributed by atoms with Crippen molar-refractivity contribution in [3.05, 3.63) is 58.5 Å². The molecule has 1 atom stereocenters. The standard InChI is InChI=1S/C27H33N3O5S/c1-5-35-26(31)27(2,17-21-14-19-15-22(32-3)23(33-4)16-24(19)36-21)20-8-6-18(7-9-20)25(28)29-30-10-12-34-13-11-30/h6-9,14-16H,5,10-13,17H2,1-4H3,(H2,28,29). The summed E-state index contributed by atoms with van der Waals surface area (Å²) in [7, 11) is 3.25. The van der Waals surface area contributed by atoms with Gasteiger partial charge in [0.05, 0.1) is 52.5 Å². The summed E-state index contributed by atoms with van der Waals surface area (Å²) in [6, 6.07) is 13.7. The SMILES string of the molecule is CCOC(=O)C(C)(Cc1cc2cc(OC)c(OC)cc2s1)c1ccc(C(N)=NN2CCOCC2)cc1. The molecule has 1 aromatic heterocycles. The van der Waals surface area contributed by atoms with Crippen molar-refractivity contribution in [2.75, 3.05) is 47.1 Å².